The second-order valence-electron chi connectivity index (χ2n) is 5.85. The second kappa shape index (κ2) is 10.1. The van der Waals surface area contributed by atoms with Crippen molar-refractivity contribution in [3.8, 4) is 17.6 Å². The zero-order valence-corrected chi connectivity index (χ0v) is 17.5. The molecule has 1 aromatic heterocycles. The summed E-state index contributed by atoms with van der Waals surface area (Å²) in [7, 11) is 0. The molecular weight excluding hydrogens is 389 g/mol. The van der Waals surface area contributed by atoms with Crippen LogP contribution < -0.4 is 14.9 Å². The van der Waals surface area contributed by atoms with Crippen molar-refractivity contribution < 1.29 is 28.9 Å². The fourth-order valence-electron chi connectivity index (χ4n) is 2.39. The maximum atomic E-state index is 12.0. The molecule has 8 nitrogen and oxygen atoms in total. The van der Waals surface area contributed by atoms with Gasteiger partial charge in [-0.25, -0.2) is 4.79 Å². The van der Waals surface area contributed by atoms with E-state index in [1.165, 1.54) is 18.2 Å². The molecule has 29 heavy (non-hydrogen) atoms. The molecular formula is C20H15NNaO7. The average Bonchev–Trinajstić information content (AvgIpc) is 2.71. The summed E-state index contributed by atoms with van der Waals surface area (Å²) < 4.78 is 16.0. The van der Waals surface area contributed by atoms with Gasteiger partial charge in [0.1, 0.15) is 36.4 Å². The Morgan fingerprint density at radius 1 is 1.07 bits per heavy atom. The number of carbonyl (C=O) groups is 1. The summed E-state index contributed by atoms with van der Waals surface area (Å²) >= 11 is 0. The van der Waals surface area contributed by atoms with E-state index in [-0.39, 0.29) is 53.7 Å². The standard InChI is InChI=1S/C20H15NO7.Na/c21-9-12-1-3-14(4-2-12)26-10-13(22)11-27-15-5-6-18-16(7-15)17(23)8-19(28-18)20(24)25;/h1-8,13,22H,10-11H2,(H,24,25);. The van der Waals surface area contributed by atoms with E-state index in [0.717, 1.165) is 6.07 Å². The van der Waals surface area contributed by atoms with Crippen LogP contribution in [-0.2, 0) is 0 Å². The fraction of sp³-hybridized carbons (Fsp3) is 0.150. The summed E-state index contributed by atoms with van der Waals surface area (Å²) in [6.45, 7) is -0.107. The summed E-state index contributed by atoms with van der Waals surface area (Å²) in [6.07, 6.45) is -0.933. The van der Waals surface area contributed by atoms with Gasteiger partial charge in [-0.05, 0) is 42.5 Å². The molecule has 0 spiro atoms. The van der Waals surface area contributed by atoms with Crippen LogP contribution in [0.2, 0.25) is 0 Å². The molecule has 0 fully saturated rings. The van der Waals surface area contributed by atoms with Crippen molar-refractivity contribution in [3.63, 3.8) is 0 Å². The Balaban J connectivity index is 0.00000300. The van der Waals surface area contributed by atoms with E-state index in [1.54, 1.807) is 24.3 Å². The molecule has 1 heterocycles. The van der Waals surface area contributed by atoms with E-state index in [0.29, 0.717) is 17.1 Å². The minimum Gasteiger partial charge on any atom is -0.491 e. The molecule has 0 aliphatic heterocycles. The Bertz CT molecular complexity index is 1100. The minimum atomic E-state index is -1.33. The number of aliphatic hydroxyl groups excluding tert-OH is 1. The molecule has 0 saturated carbocycles. The van der Waals surface area contributed by atoms with Crippen LogP contribution in [0.15, 0.2) is 57.7 Å². The number of nitriles is 1. The van der Waals surface area contributed by atoms with Gasteiger partial charge in [-0.3, -0.25) is 4.79 Å². The van der Waals surface area contributed by atoms with Gasteiger partial charge in [-0.1, -0.05) is 0 Å². The minimum absolute atomic E-state index is 0. The van der Waals surface area contributed by atoms with Gasteiger partial charge in [0.05, 0.1) is 17.0 Å². The van der Waals surface area contributed by atoms with Crippen LogP contribution >= 0.6 is 0 Å². The third-order valence-electron chi connectivity index (χ3n) is 3.78. The Morgan fingerprint density at radius 3 is 2.31 bits per heavy atom. The molecule has 3 aromatic rings. The Kier molecular flexibility index (Phi) is 7.82. The SMILES string of the molecule is N#Cc1ccc(OCC(O)COc2ccc3oc(C(=O)O)cc(=O)c3c2)cc1.[Na]. The molecule has 2 aromatic carbocycles. The summed E-state index contributed by atoms with van der Waals surface area (Å²) in [5, 5.41) is 27.8. The van der Waals surface area contributed by atoms with Gasteiger partial charge in [0, 0.05) is 35.6 Å². The summed E-state index contributed by atoms with van der Waals surface area (Å²) in [5.74, 6) is -0.942. The average molecular weight is 404 g/mol. The number of fused-ring (bicyclic) bond motifs is 1. The third kappa shape index (κ3) is 5.82. The van der Waals surface area contributed by atoms with Crippen LogP contribution in [0.5, 0.6) is 11.5 Å². The zero-order chi connectivity index (χ0) is 20.1. The number of nitrogens with zero attached hydrogens (tertiary/aromatic N) is 1. The van der Waals surface area contributed by atoms with Crippen molar-refractivity contribution in [2.45, 2.75) is 6.10 Å². The normalized spacial score (nSPS) is 11.2. The number of hydrogen-bond donors (Lipinski definition) is 2. The molecule has 143 valence electrons. The van der Waals surface area contributed by atoms with Crippen LogP contribution in [0.25, 0.3) is 11.0 Å². The van der Waals surface area contributed by atoms with E-state index in [2.05, 4.69) is 0 Å². The molecule has 3 rings (SSSR count). The van der Waals surface area contributed by atoms with Crippen molar-refractivity contribution in [1.29, 1.82) is 5.26 Å². The van der Waals surface area contributed by atoms with E-state index < -0.39 is 23.3 Å². The summed E-state index contributed by atoms with van der Waals surface area (Å²) in [6, 6.07) is 13.7. The quantitative estimate of drug-likeness (QED) is 0.570. The van der Waals surface area contributed by atoms with Crippen molar-refractivity contribution in [3.05, 3.63) is 70.1 Å². The van der Waals surface area contributed by atoms with Crippen LogP contribution in [0, 0.1) is 11.3 Å². The molecule has 0 amide bonds. The Labute approximate surface area is 187 Å². The van der Waals surface area contributed by atoms with Gasteiger partial charge in [-0.15, -0.1) is 0 Å². The maximum absolute atomic E-state index is 12.0. The van der Waals surface area contributed by atoms with E-state index in [1.807, 2.05) is 6.07 Å². The molecule has 0 bridgehead atoms. The first kappa shape index (κ1) is 22.5. The summed E-state index contributed by atoms with van der Waals surface area (Å²) in [5.41, 5.74) is 0.128. The first-order valence-corrected chi connectivity index (χ1v) is 8.21. The molecule has 9 heteroatoms. The number of carboxylic acid groups (broad SMARTS) is 1. The largest absolute Gasteiger partial charge is 0.491 e. The Morgan fingerprint density at radius 2 is 1.69 bits per heavy atom. The monoisotopic (exact) mass is 404 g/mol. The molecule has 0 saturated heterocycles. The fourth-order valence-corrected chi connectivity index (χ4v) is 2.39. The number of hydrogen-bond acceptors (Lipinski definition) is 7. The second-order valence-corrected chi connectivity index (χ2v) is 5.85. The first-order chi connectivity index (χ1) is 13.5. The van der Waals surface area contributed by atoms with Gasteiger partial charge in [0.2, 0.25) is 5.76 Å². The number of benzene rings is 2. The van der Waals surface area contributed by atoms with E-state index in [4.69, 9.17) is 24.3 Å². The number of rotatable bonds is 7. The van der Waals surface area contributed by atoms with Crippen molar-refractivity contribution in [2.24, 2.45) is 0 Å². The van der Waals surface area contributed by atoms with Crippen molar-refractivity contribution in [1.82, 2.24) is 0 Å². The van der Waals surface area contributed by atoms with Crippen LogP contribution in [0.4, 0.5) is 0 Å². The molecule has 0 aliphatic carbocycles. The summed E-state index contributed by atoms with van der Waals surface area (Å²) in [4.78, 5) is 23.0. The van der Waals surface area contributed by atoms with Crippen LogP contribution in [0.1, 0.15) is 16.1 Å². The molecule has 1 unspecified atom stereocenters. The topological polar surface area (TPSA) is 130 Å². The number of carboxylic acids is 1. The van der Waals surface area contributed by atoms with E-state index in [9.17, 15) is 14.7 Å². The molecule has 1 atom stereocenters. The van der Waals surface area contributed by atoms with E-state index >= 15 is 0 Å². The predicted molar refractivity (Wildman–Crippen MR) is 103 cm³/mol. The molecule has 2 N–H and O–H groups in total. The molecule has 0 aliphatic rings. The van der Waals surface area contributed by atoms with Crippen LogP contribution in [0.3, 0.4) is 0 Å². The van der Waals surface area contributed by atoms with Crippen molar-refractivity contribution >= 4 is 46.5 Å². The number of aromatic carboxylic acids is 1. The third-order valence-corrected chi connectivity index (χ3v) is 3.78. The van der Waals surface area contributed by atoms with Gasteiger partial charge >= 0.3 is 5.97 Å². The van der Waals surface area contributed by atoms with Gasteiger partial charge in [-0.2, -0.15) is 5.26 Å². The van der Waals surface area contributed by atoms with Crippen molar-refractivity contribution in [2.75, 3.05) is 13.2 Å². The maximum Gasteiger partial charge on any atom is 0.371 e. The van der Waals surface area contributed by atoms with Crippen LogP contribution in [-0.4, -0.2) is 65.1 Å². The Hall–Kier alpha value is -2.83. The number of aliphatic hydroxyl groups is 1. The first-order valence-electron chi connectivity index (χ1n) is 8.21. The van der Waals surface area contributed by atoms with Gasteiger partial charge in [0.25, 0.3) is 0 Å². The van der Waals surface area contributed by atoms with Gasteiger partial charge in [0.15, 0.2) is 5.43 Å². The molecule has 1 radical (unpaired) electrons. The zero-order valence-electron chi connectivity index (χ0n) is 15.5. The predicted octanol–water partition coefficient (Wildman–Crippen LogP) is 1.80. The number of ether oxygens (including phenoxy) is 2. The van der Waals surface area contributed by atoms with Gasteiger partial charge < -0.3 is 24.1 Å². The smallest absolute Gasteiger partial charge is 0.371 e.